The van der Waals surface area contributed by atoms with E-state index in [1.165, 1.54) is 0 Å². The van der Waals surface area contributed by atoms with Crippen molar-refractivity contribution in [2.45, 2.75) is 51.7 Å². The summed E-state index contributed by atoms with van der Waals surface area (Å²) in [5.41, 5.74) is 2.51. The first-order valence-corrected chi connectivity index (χ1v) is 11.9. The second kappa shape index (κ2) is 11.3. The molecule has 0 heterocycles. The van der Waals surface area contributed by atoms with Crippen LogP contribution in [0.25, 0.3) is 0 Å². The van der Waals surface area contributed by atoms with Gasteiger partial charge in [-0.25, -0.2) is 0 Å². The number of amides is 2. The summed E-state index contributed by atoms with van der Waals surface area (Å²) < 4.78 is 0.972. The molecule has 5 heteroatoms. The van der Waals surface area contributed by atoms with Crippen molar-refractivity contribution in [2.75, 3.05) is 0 Å². The summed E-state index contributed by atoms with van der Waals surface area (Å²) in [6, 6.07) is 26.8. The first-order chi connectivity index (χ1) is 15.7. The Morgan fingerprint density at radius 3 is 1.91 bits per heavy atom. The van der Waals surface area contributed by atoms with E-state index in [1.807, 2.05) is 106 Å². The van der Waals surface area contributed by atoms with Crippen LogP contribution in [0.2, 0.25) is 0 Å². The summed E-state index contributed by atoms with van der Waals surface area (Å²) in [6.45, 7) is 6.22. The highest BCUT2D eigenvalue weighted by Crippen LogP contribution is 2.19. The number of carbonyl (C=O) groups excluding carboxylic acids is 2. The lowest BCUT2D eigenvalue weighted by Crippen LogP contribution is -2.54. The molecule has 0 saturated carbocycles. The van der Waals surface area contributed by atoms with Crippen molar-refractivity contribution >= 4 is 27.7 Å². The Hall–Kier alpha value is -2.92. The van der Waals surface area contributed by atoms with Gasteiger partial charge in [-0.1, -0.05) is 88.7 Å². The Morgan fingerprint density at radius 2 is 1.36 bits per heavy atom. The summed E-state index contributed by atoms with van der Waals surface area (Å²) in [4.78, 5) is 28.8. The van der Waals surface area contributed by atoms with Gasteiger partial charge in [0.05, 0.1) is 6.42 Å². The number of hydrogen-bond donors (Lipinski definition) is 1. The van der Waals surface area contributed by atoms with Crippen LogP contribution in [0.15, 0.2) is 89.4 Å². The largest absolute Gasteiger partial charge is 0.350 e. The third-order valence-electron chi connectivity index (χ3n) is 5.23. The highest BCUT2D eigenvalue weighted by molar-refractivity contribution is 9.10. The molecule has 4 nitrogen and oxygen atoms in total. The lowest BCUT2D eigenvalue weighted by molar-refractivity contribution is -0.141. The lowest BCUT2D eigenvalue weighted by Gasteiger charge is -2.34. The summed E-state index contributed by atoms with van der Waals surface area (Å²) in [5, 5.41) is 3.09. The molecule has 0 spiro atoms. The fourth-order valence-corrected chi connectivity index (χ4v) is 3.93. The number of carbonyl (C=O) groups is 2. The fourth-order valence-electron chi connectivity index (χ4n) is 3.67. The smallest absolute Gasteiger partial charge is 0.243 e. The van der Waals surface area contributed by atoms with Crippen molar-refractivity contribution in [3.05, 3.63) is 106 Å². The molecule has 0 radical (unpaired) electrons. The van der Waals surface area contributed by atoms with Gasteiger partial charge in [0.2, 0.25) is 11.8 Å². The molecule has 33 heavy (non-hydrogen) atoms. The maximum absolute atomic E-state index is 13.6. The van der Waals surface area contributed by atoms with E-state index in [9.17, 15) is 9.59 Å². The van der Waals surface area contributed by atoms with Crippen LogP contribution in [-0.2, 0) is 29.0 Å². The average Bonchev–Trinajstić information content (AvgIpc) is 2.77. The van der Waals surface area contributed by atoms with Gasteiger partial charge < -0.3 is 10.2 Å². The van der Waals surface area contributed by atoms with Gasteiger partial charge in [-0.2, -0.15) is 0 Å². The molecule has 2 amide bonds. The van der Waals surface area contributed by atoms with Gasteiger partial charge in [0, 0.05) is 23.0 Å². The summed E-state index contributed by atoms with van der Waals surface area (Å²) in [5.74, 6) is -0.223. The average molecular weight is 507 g/mol. The summed E-state index contributed by atoms with van der Waals surface area (Å²) in [6.07, 6.45) is 0.686. The standard InChI is InChI=1S/C28H31BrN2O2/c1-28(2,3)30-27(33)25(18-21-10-6-4-7-11-21)31(20-23-14-16-24(29)17-15-23)26(32)19-22-12-8-5-9-13-22/h4-17,25H,18-20H2,1-3H3,(H,30,33)/t25-/m0/s1. The fraction of sp³-hybridized carbons (Fsp3) is 0.286. The molecule has 0 aliphatic rings. The molecule has 0 unspecified atom stereocenters. The van der Waals surface area contributed by atoms with E-state index in [2.05, 4.69) is 21.2 Å². The van der Waals surface area contributed by atoms with Gasteiger partial charge in [0.15, 0.2) is 0 Å². The molecule has 0 fully saturated rings. The molecular formula is C28H31BrN2O2. The first kappa shape index (κ1) is 24.7. The molecule has 0 aromatic heterocycles. The molecule has 1 N–H and O–H groups in total. The zero-order valence-electron chi connectivity index (χ0n) is 19.4. The highest BCUT2D eigenvalue weighted by Gasteiger charge is 2.32. The van der Waals surface area contributed by atoms with E-state index in [0.29, 0.717) is 13.0 Å². The van der Waals surface area contributed by atoms with Crippen LogP contribution in [0.4, 0.5) is 0 Å². The molecule has 0 aliphatic carbocycles. The topological polar surface area (TPSA) is 49.4 Å². The Labute approximate surface area is 205 Å². The molecule has 0 saturated heterocycles. The Bertz CT molecular complexity index is 1040. The van der Waals surface area contributed by atoms with Gasteiger partial charge in [-0.05, 0) is 49.6 Å². The van der Waals surface area contributed by atoms with Crippen LogP contribution in [0, 0.1) is 0 Å². The van der Waals surface area contributed by atoms with E-state index < -0.39 is 11.6 Å². The van der Waals surface area contributed by atoms with Crippen molar-refractivity contribution in [3.8, 4) is 0 Å². The second-order valence-corrected chi connectivity index (χ2v) is 10.2. The van der Waals surface area contributed by atoms with Gasteiger partial charge in [-0.15, -0.1) is 0 Å². The second-order valence-electron chi connectivity index (χ2n) is 9.26. The minimum atomic E-state index is -0.633. The van der Waals surface area contributed by atoms with Gasteiger partial charge in [0.25, 0.3) is 0 Å². The summed E-state index contributed by atoms with van der Waals surface area (Å²) >= 11 is 3.47. The Balaban J connectivity index is 1.97. The van der Waals surface area contributed by atoms with Gasteiger partial charge >= 0.3 is 0 Å². The van der Waals surface area contributed by atoms with E-state index in [-0.39, 0.29) is 18.2 Å². The minimum absolute atomic E-state index is 0.0749. The molecular weight excluding hydrogens is 476 g/mol. The molecule has 3 aromatic rings. The maximum Gasteiger partial charge on any atom is 0.243 e. The summed E-state index contributed by atoms with van der Waals surface area (Å²) in [7, 11) is 0. The van der Waals surface area contributed by atoms with Crippen LogP contribution in [0.1, 0.15) is 37.5 Å². The third kappa shape index (κ3) is 7.86. The van der Waals surface area contributed by atoms with E-state index in [4.69, 9.17) is 0 Å². The van der Waals surface area contributed by atoms with E-state index in [0.717, 1.165) is 21.2 Å². The minimum Gasteiger partial charge on any atom is -0.350 e. The number of benzene rings is 3. The predicted molar refractivity (Wildman–Crippen MR) is 137 cm³/mol. The van der Waals surface area contributed by atoms with Crippen molar-refractivity contribution in [2.24, 2.45) is 0 Å². The molecule has 172 valence electrons. The number of rotatable bonds is 8. The molecule has 3 rings (SSSR count). The number of hydrogen-bond acceptors (Lipinski definition) is 2. The SMILES string of the molecule is CC(C)(C)NC(=O)[C@H](Cc1ccccc1)N(Cc1ccc(Br)cc1)C(=O)Cc1ccccc1. The number of nitrogens with zero attached hydrogens (tertiary/aromatic N) is 1. The maximum atomic E-state index is 13.6. The number of halogens is 1. The lowest BCUT2D eigenvalue weighted by atomic mass is 10.00. The van der Waals surface area contributed by atoms with Crippen LogP contribution in [0.5, 0.6) is 0 Å². The monoisotopic (exact) mass is 506 g/mol. The van der Waals surface area contributed by atoms with Crippen molar-refractivity contribution in [1.29, 1.82) is 0 Å². The van der Waals surface area contributed by atoms with Gasteiger partial charge in [-0.3, -0.25) is 9.59 Å². The van der Waals surface area contributed by atoms with Crippen LogP contribution in [-0.4, -0.2) is 28.3 Å². The van der Waals surface area contributed by atoms with Crippen molar-refractivity contribution in [3.63, 3.8) is 0 Å². The predicted octanol–water partition coefficient (Wildman–Crippen LogP) is 5.55. The first-order valence-electron chi connectivity index (χ1n) is 11.1. The molecule has 1 atom stereocenters. The quantitative estimate of drug-likeness (QED) is 0.435. The van der Waals surface area contributed by atoms with Crippen LogP contribution < -0.4 is 5.32 Å². The molecule has 0 bridgehead atoms. The zero-order valence-corrected chi connectivity index (χ0v) is 21.0. The third-order valence-corrected chi connectivity index (χ3v) is 5.76. The van der Waals surface area contributed by atoms with E-state index in [1.54, 1.807) is 4.90 Å². The van der Waals surface area contributed by atoms with Crippen molar-refractivity contribution < 1.29 is 9.59 Å². The van der Waals surface area contributed by atoms with Crippen molar-refractivity contribution in [1.82, 2.24) is 10.2 Å². The molecule has 0 aliphatic heterocycles. The Kier molecular flexibility index (Phi) is 8.45. The number of nitrogens with one attached hydrogen (secondary N) is 1. The van der Waals surface area contributed by atoms with Crippen LogP contribution in [0.3, 0.4) is 0 Å². The van der Waals surface area contributed by atoms with E-state index >= 15 is 0 Å². The molecule has 3 aromatic carbocycles. The highest BCUT2D eigenvalue weighted by atomic mass is 79.9. The zero-order chi connectivity index (χ0) is 23.8. The Morgan fingerprint density at radius 1 is 0.818 bits per heavy atom. The van der Waals surface area contributed by atoms with Gasteiger partial charge in [0.1, 0.15) is 6.04 Å². The van der Waals surface area contributed by atoms with Crippen LogP contribution >= 0.6 is 15.9 Å². The normalized spacial score (nSPS) is 12.1.